The number of benzene rings is 1. The Kier molecular flexibility index (Phi) is 4.81. The van der Waals surface area contributed by atoms with Crippen molar-refractivity contribution in [3.05, 3.63) is 33.9 Å². The zero-order chi connectivity index (χ0) is 19.0. The zero-order valence-electron chi connectivity index (χ0n) is 14.9. The van der Waals surface area contributed by atoms with Gasteiger partial charge in [0.05, 0.1) is 22.4 Å². The summed E-state index contributed by atoms with van der Waals surface area (Å²) in [6, 6.07) is 4.75. The van der Waals surface area contributed by atoms with Gasteiger partial charge in [0.2, 0.25) is 11.1 Å². The Morgan fingerprint density at radius 1 is 1.41 bits per heavy atom. The number of aryl methyl sites for hydroxylation is 1. The number of tetrazole rings is 1. The van der Waals surface area contributed by atoms with Gasteiger partial charge in [-0.25, -0.2) is 4.68 Å². The van der Waals surface area contributed by atoms with Crippen molar-refractivity contribution in [3.63, 3.8) is 0 Å². The highest BCUT2D eigenvalue weighted by molar-refractivity contribution is 7.99. The molecule has 27 heavy (non-hydrogen) atoms. The van der Waals surface area contributed by atoms with Gasteiger partial charge in [0.1, 0.15) is 0 Å². The molecule has 1 aromatic heterocycles. The van der Waals surface area contributed by atoms with Crippen LogP contribution in [0.3, 0.4) is 0 Å². The largest absolute Gasteiger partial charge is 0.325 e. The van der Waals surface area contributed by atoms with E-state index in [1.165, 1.54) is 43.2 Å². The molecule has 0 aliphatic heterocycles. The summed E-state index contributed by atoms with van der Waals surface area (Å²) in [7, 11) is 0. The van der Waals surface area contributed by atoms with Crippen molar-refractivity contribution in [2.75, 3.05) is 11.1 Å². The Morgan fingerprint density at radius 2 is 2.26 bits per heavy atom. The lowest BCUT2D eigenvalue weighted by atomic mass is 9.96. The average Bonchev–Trinajstić information content (AvgIpc) is 3.37. The first-order valence-electron chi connectivity index (χ1n) is 8.97. The summed E-state index contributed by atoms with van der Waals surface area (Å²) in [4.78, 5) is 22.8. The first-order chi connectivity index (χ1) is 13.0. The van der Waals surface area contributed by atoms with Crippen LogP contribution in [0.5, 0.6) is 0 Å². The molecule has 4 rings (SSSR count). The summed E-state index contributed by atoms with van der Waals surface area (Å²) in [5, 5.41) is 26.3. The molecular weight excluding hydrogens is 368 g/mol. The Balaban J connectivity index is 1.39. The monoisotopic (exact) mass is 388 g/mol. The van der Waals surface area contributed by atoms with E-state index in [1.807, 2.05) is 4.68 Å². The molecule has 10 heteroatoms. The fourth-order valence-electron chi connectivity index (χ4n) is 4.17. The molecule has 2 fully saturated rings. The number of non-ortho nitro benzene ring substituents is 1. The van der Waals surface area contributed by atoms with E-state index in [9.17, 15) is 14.9 Å². The number of hydrogen-bond acceptors (Lipinski definition) is 7. The van der Waals surface area contributed by atoms with Crippen LogP contribution in [0.15, 0.2) is 23.4 Å². The lowest BCUT2D eigenvalue weighted by Crippen LogP contribution is -2.19. The minimum Gasteiger partial charge on any atom is -0.325 e. The first-order valence-corrected chi connectivity index (χ1v) is 9.95. The molecule has 1 amide bonds. The van der Waals surface area contributed by atoms with Gasteiger partial charge in [0.25, 0.3) is 5.69 Å². The van der Waals surface area contributed by atoms with Crippen molar-refractivity contribution < 1.29 is 9.72 Å². The molecule has 142 valence electrons. The molecule has 1 N–H and O–H groups in total. The van der Waals surface area contributed by atoms with Crippen molar-refractivity contribution in [2.24, 2.45) is 11.8 Å². The van der Waals surface area contributed by atoms with Gasteiger partial charge in [-0.05, 0) is 54.0 Å². The molecule has 2 aromatic rings. The van der Waals surface area contributed by atoms with E-state index in [0.717, 1.165) is 17.9 Å². The van der Waals surface area contributed by atoms with E-state index in [1.54, 1.807) is 13.0 Å². The van der Waals surface area contributed by atoms with Crippen LogP contribution in [0.2, 0.25) is 0 Å². The zero-order valence-corrected chi connectivity index (χ0v) is 15.7. The molecule has 0 saturated heterocycles. The third-order valence-corrected chi connectivity index (χ3v) is 6.45. The van der Waals surface area contributed by atoms with Crippen LogP contribution >= 0.6 is 11.8 Å². The molecule has 2 aliphatic rings. The van der Waals surface area contributed by atoms with Crippen LogP contribution < -0.4 is 5.32 Å². The average molecular weight is 388 g/mol. The number of amides is 1. The van der Waals surface area contributed by atoms with E-state index < -0.39 is 4.92 Å². The molecule has 2 aliphatic carbocycles. The second-order valence-corrected chi connectivity index (χ2v) is 8.18. The lowest BCUT2D eigenvalue weighted by Gasteiger charge is -2.22. The first kappa shape index (κ1) is 17.9. The maximum Gasteiger partial charge on any atom is 0.271 e. The molecule has 3 atom stereocenters. The molecule has 9 nitrogen and oxygen atoms in total. The Bertz CT molecular complexity index is 885. The SMILES string of the molecule is Cc1ccc([N+](=O)[O-])cc1NC(=O)CSc1nnnn1[C@@H]1C[C@@H]2CC[C@@H]1C2. The van der Waals surface area contributed by atoms with Gasteiger partial charge in [-0.15, -0.1) is 5.10 Å². The van der Waals surface area contributed by atoms with Crippen LogP contribution in [0.4, 0.5) is 11.4 Å². The number of carbonyl (C=O) groups is 1. The van der Waals surface area contributed by atoms with E-state index in [-0.39, 0.29) is 17.3 Å². The summed E-state index contributed by atoms with van der Waals surface area (Å²) in [5.74, 6) is 1.32. The highest BCUT2D eigenvalue weighted by Crippen LogP contribution is 2.50. The molecule has 0 unspecified atom stereocenters. The van der Waals surface area contributed by atoms with Crippen LogP contribution in [-0.2, 0) is 4.79 Å². The van der Waals surface area contributed by atoms with Gasteiger partial charge in [-0.3, -0.25) is 14.9 Å². The third-order valence-electron chi connectivity index (χ3n) is 5.52. The van der Waals surface area contributed by atoms with Gasteiger partial charge in [0, 0.05) is 12.1 Å². The minimum atomic E-state index is -0.479. The normalized spacial score (nSPS) is 23.5. The fraction of sp³-hybridized carbons (Fsp3) is 0.529. The van der Waals surface area contributed by atoms with E-state index in [0.29, 0.717) is 22.8 Å². The summed E-state index contributed by atoms with van der Waals surface area (Å²) in [6.07, 6.45) is 4.89. The maximum absolute atomic E-state index is 12.3. The smallest absolute Gasteiger partial charge is 0.271 e. The number of rotatable bonds is 6. The number of nitrogens with zero attached hydrogens (tertiary/aromatic N) is 5. The molecule has 2 bridgehead atoms. The fourth-order valence-corrected chi connectivity index (χ4v) is 4.90. The van der Waals surface area contributed by atoms with Crippen LogP contribution in [0, 0.1) is 28.9 Å². The topological polar surface area (TPSA) is 116 Å². The minimum absolute atomic E-state index is 0.0521. The van der Waals surface area contributed by atoms with Gasteiger partial charge in [-0.1, -0.05) is 24.2 Å². The predicted octanol–water partition coefficient (Wildman–Crippen LogP) is 2.98. The van der Waals surface area contributed by atoms with E-state index in [4.69, 9.17) is 0 Å². The summed E-state index contributed by atoms with van der Waals surface area (Å²) in [6.45, 7) is 1.79. The predicted molar refractivity (Wildman–Crippen MR) is 99.5 cm³/mol. The van der Waals surface area contributed by atoms with E-state index >= 15 is 0 Å². The van der Waals surface area contributed by atoms with Crippen molar-refractivity contribution in [2.45, 2.75) is 43.8 Å². The number of nitro groups is 1. The molecule has 1 aromatic carbocycles. The second-order valence-electron chi connectivity index (χ2n) is 7.24. The van der Waals surface area contributed by atoms with Crippen molar-refractivity contribution in [1.29, 1.82) is 0 Å². The number of carbonyl (C=O) groups excluding carboxylic acids is 1. The number of fused-ring (bicyclic) bond motifs is 2. The van der Waals surface area contributed by atoms with Crippen molar-refractivity contribution in [3.8, 4) is 0 Å². The quantitative estimate of drug-likeness (QED) is 0.459. The summed E-state index contributed by atoms with van der Waals surface area (Å²) in [5.41, 5.74) is 1.16. The molecule has 1 heterocycles. The van der Waals surface area contributed by atoms with Crippen LogP contribution in [0.1, 0.15) is 37.3 Å². The van der Waals surface area contributed by atoms with Crippen molar-refractivity contribution >= 4 is 29.0 Å². The molecule has 2 saturated carbocycles. The number of thioether (sulfide) groups is 1. The van der Waals surface area contributed by atoms with Crippen molar-refractivity contribution in [1.82, 2.24) is 20.2 Å². The van der Waals surface area contributed by atoms with Gasteiger partial charge in [-0.2, -0.15) is 0 Å². The number of anilines is 1. The summed E-state index contributed by atoms with van der Waals surface area (Å²) >= 11 is 1.29. The summed E-state index contributed by atoms with van der Waals surface area (Å²) < 4.78 is 1.88. The van der Waals surface area contributed by atoms with Crippen LogP contribution in [0.25, 0.3) is 0 Å². The van der Waals surface area contributed by atoms with Crippen LogP contribution in [-0.4, -0.2) is 36.8 Å². The number of nitrogens with one attached hydrogen (secondary N) is 1. The Hall–Kier alpha value is -2.49. The number of hydrogen-bond donors (Lipinski definition) is 1. The van der Waals surface area contributed by atoms with Gasteiger partial charge in [0.15, 0.2) is 0 Å². The van der Waals surface area contributed by atoms with Gasteiger partial charge >= 0.3 is 0 Å². The molecule has 0 spiro atoms. The Morgan fingerprint density at radius 3 is 2.96 bits per heavy atom. The third kappa shape index (κ3) is 3.66. The molecular formula is C17H20N6O3S. The standard InChI is InChI=1S/C17H20N6O3S/c1-10-2-5-13(23(25)26)8-14(10)18-16(24)9-27-17-19-20-21-22(17)15-7-11-3-4-12(15)6-11/h2,5,8,11-12,15H,3-4,6-7,9H2,1H3,(H,18,24)/t11-,12-,15-/m1/s1. The second kappa shape index (κ2) is 7.26. The Labute approximate surface area is 160 Å². The number of aromatic nitrogens is 4. The highest BCUT2D eigenvalue weighted by atomic mass is 32.2. The number of nitro benzene ring substituents is 1. The molecule has 0 radical (unpaired) electrons. The van der Waals surface area contributed by atoms with Gasteiger partial charge < -0.3 is 5.32 Å². The maximum atomic E-state index is 12.3. The highest BCUT2D eigenvalue weighted by Gasteiger charge is 2.42. The van der Waals surface area contributed by atoms with E-state index in [2.05, 4.69) is 20.8 Å². The lowest BCUT2D eigenvalue weighted by molar-refractivity contribution is -0.384.